The minimum absolute atomic E-state index is 0.215. The molecule has 31 heavy (non-hydrogen) atoms. The van der Waals surface area contributed by atoms with Crippen LogP contribution < -0.4 is 10.1 Å². The molecule has 4 aromatic rings. The topological polar surface area (TPSA) is 126 Å². The Morgan fingerprint density at radius 2 is 1.81 bits per heavy atom. The second-order valence-electron chi connectivity index (χ2n) is 6.88. The average molecular weight is 419 g/mol. The van der Waals surface area contributed by atoms with Crippen molar-refractivity contribution in [2.24, 2.45) is 0 Å². The van der Waals surface area contributed by atoms with Crippen LogP contribution in [0.25, 0.3) is 11.5 Å². The lowest BCUT2D eigenvalue weighted by molar-refractivity contribution is 0.0190. The quantitative estimate of drug-likeness (QED) is 0.394. The van der Waals surface area contributed by atoms with Crippen molar-refractivity contribution in [1.29, 1.82) is 0 Å². The summed E-state index contributed by atoms with van der Waals surface area (Å²) in [5.41, 5.74) is 2.15. The van der Waals surface area contributed by atoms with Crippen LogP contribution in [-0.4, -0.2) is 42.6 Å². The van der Waals surface area contributed by atoms with E-state index in [1.807, 2.05) is 30.3 Å². The van der Waals surface area contributed by atoms with Crippen LogP contribution in [0.5, 0.6) is 11.8 Å². The van der Waals surface area contributed by atoms with Gasteiger partial charge in [0.15, 0.2) is 0 Å². The average Bonchev–Trinajstić information content (AvgIpc) is 3.33. The third-order valence-electron chi connectivity index (χ3n) is 4.60. The molecule has 2 heterocycles. The molecule has 0 aliphatic heterocycles. The first-order chi connectivity index (χ1) is 15.1. The van der Waals surface area contributed by atoms with Crippen molar-refractivity contribution < 1.29 is 19.4 Å². The van der Waals surface area contributed by atoms with Gasteiger partial charge in [-0.15, -0.1) is 10.2 Å². The Labute approximate surface area is 178 Å². The van der Waals surface area contributed by atoms with Gasteiger partial charge in [0.1, 0.15) is 11.9 Å². The highest BCUT2D eigenvalue weighted by Crippen LogP contribution is 2.30. The summed E-state index contributed by atoms with van der Waals surface area (Å²) in [6.07, 6.45) is 2.37. The number of nitrogens with one attached hydrogen (secondary N) is 1. The summed E-state index contributed by atoms with van der Waals surface area (Å²) in [5, 5.41) is 31.7. The number of anilines is 1. The standard InChI is InChI=1S/C22H21N5O4/c1-14(28)20(29)19(26-17-7-2-6-16(11-17)21-27-25-13-30-21)15-5-3-8-18(12-15)31-22-23-9-4-10-24-22/h2-14,19-20,26,28-29H,1H3/t14-,19+,20+/m0/s1. The predicted octanol–water partition coefficient (Wildman–Crippen LogP) is 3.21. The highest BCUT2D eigenvalue weighted by atomic mass is 16.5. The molecule has 158 valence electrons. The molecule has 0 aliphatic rings. The second-order valence-corrected chi connectivity index (χ2v) is 6.88. The number of aromatic nitrogens is 4. The van der Waals surface area contributed by atoms with Gasteiger partial charge in [0, 0.05) is 23.6 Å². The van der Waals surface area contributed by atoms with Gasteiger partial charge in [-0.2, -0.15) is 0 Å². The molecule has 0 fully saturated rings. The molecule has 4 rings (SSSR count). The van der Waals surface area contributed by atoms with Gasteiger partial charge >= 0.3 is 6.01 Å². The Morgan fingerprint density at radius 3 is 2.55 bits per heavy atom. The predicted molar refractivity (Wildman–Crippen MR) is 112 cm³/mol. The number of aliphatic hydroxyl groups is 2. The second kappa shape index (κ2) is 9.33. The maximum absolute atomic E-state index is 10.7. The van der Waals surface area contributed by atoms with E-state index in [9.17, 15) is 10.2 Å². The number of rotatable bonds is 8. The molecule has 9 heteroatoms. The van der Waals surface area contributed by atoms with Crippen LogP contribution in [0, 0.1) is 0 Å². The summed E-state index contributed by atoms with van der Waals surface area (Å²) in [5.74, 6) is 0.891. The van der Waals surface area contributed by atoms with Gasteiger partial charge in [-0.05, 0) is 48.9 Å². The van der Waals surface area contributed by atoms with E-state index in [-0.39, 0.29) is 6.01 Å². The van der Waals surface area contributed by atoms with Crippen LogP contribution in [0.3, 0.4) is 0 Å². The van der Waals surface area contributed by atoms with E-state index < -0.39 is 18.2 Å². The molecule has 0 spiro atoms. The van der Waals surface area contributed by atoms with Crippen LogP contribution in [0.15, 0.2) is 77.8 Å². The van der Waals surface area contributed by atoms with Gasteiger partial charge in [0.05, 0.1) is 12.1 Å². The molecular formula is C22H21N5O4. The van der Waals surface area contributed by atoms with Gasteiger partial charge in [0.2, 0.25) is 12.3 Å². The third-order valence-corrected chi connectivity index (χ3v) is 4.60. The Kier molecular flexibility index (Phi) is 6.16. The fourth-order valence-electron chi connectivity index (χ4n) is 3.08. The zero-order valence-corrected chi connectivity index (χ0v) is 16.7. The molecule has 3 atom stereocenters. The van der Waals surface area contributed by atoms with Crippen molar-refractivity contribution in [3.8, 4) is 23.2 Å². The van der Waals surface area contributed by atoms with Crippen molar-refractivity contribution in [2.75, 3.05) is 5.32 Å². The summed E-state index contributed by atoms with van der Waals surface area (Å²) >= 11 is 0. The van der Waals surface area contributed by atoms with Crippen LogP contribution in [0.2, 0.25) is 0 Å². The lowest BCUT2D eigenvalue weighted by Crippen LogP contribution is -2.34. The number of aliphatic hydroxyl groups excluding tert-OH is 2. The Bertz CT molecular complexity index is 1110. The first kappa shape index (κ1) is 20.5. The largest absolute Gasteiger partial charge is 0.424 e. The smallest absolute Gasteiger partial charge is 0.321 e. The molecule has 0 bridgehead atoms. The van der Waals surface area contributed by atoms with Crippen molar-refractivity contribution in [3.63, 3.8) is 0 Å². The highest BCUT2D eigenvalue weighted by molar-refractivity contribution is 5.61. The first-order valence-corrected chi connectivity index (χ1v) is 9.64. The molecule has 3 N–H and O–H groups in total. The van der Waals surface area contributed by atoms with Gasteiger partial charge in [-0.3, -0.25) is 0 Å². The van der Waals surface area contributed by atoms with Gasteiger partial charge in [0.25, 0.3) is 0 Å². The molecule has 0 unspecified atom stereocenters. The number of nitrogens with zero attached hydrogens (tertiary/aromatic N) is 4. The number of ether oxygens (including phenoxy) is 1. The van der Waals surface area contributed by atoms with Crippen LogP contribution in [-0.2, 0) is 0 Å². The SMILES string of the molecule is C[C@H](O)[C@@H](O)[C@H](Nc1cccc(-c2nnco2)c1)c1cccc(Oc2ncccn2)c1. The zero-order chi connectivity index (χ0) is 21.6. The minimum Gasteiger partial charge on any atom is -0.424 e. The summed E-state index contributed by atoms with van der Waals surface area (Å²) in [6.45, 7) is 1.53. The third kappa shape index (κ3) is 5.03. The van der Waals surface area contributed by atoms with Crippen molar-refractivity contribution in [2.45, 2.75) is 25.2 Å². The first-order valence-electron chi connectivity index (χ1n) is 9.64. The Balaban J connectivity index is 1.62. The number of hydrogen-bond acceptors (Lipinski definition) is 9. The van der Waals surface area contributed by atoms with E-state index in [0.29, 0.717) is 22.9 Å². The van der Waals surface area contributed by atoms with E-state index in [1.54, 1.807) is 36.7 Å². The molecule has 0 radical (unpaired) electrons. The van der Waals surface area contributed by atoms with E-state index in [0.717, 1.165) is 5.56 Å². The van der Waals surface area contributed by atoms with E-state index in [2.05, 4.69) is 25.5 Å². The van der Waals surface area contributed by atoms with Crippen molar-refractivity contribution >= 4 is 5.69 Å². The number of benzene rings is 2. The van der Waals surface area contributed by atoms with Crippen LogP contribution in [0.1, 0.15) is 18.5 Å². The van der Waals surface area contributed by atoms with Crippen LogP contribution in [0.4, 0.5) is 5.69 Å². The van der Waals surface area contributed by atoms with E-state index in [4.69, 9.17) is 9.15 Å². The molecule has 2 aromatic carbocycles. The minimum atomic E-state index is -1.09. The molecular weight excluding hydrogens is 398 g/mol. The lowest BCUT2D eigenvalue weighted by atomic mass is 9.97. The van der Waals surface area contributed by atoms with Crippen LogP contribution >= 0.6 is 0 Å². The Morgan fingerprint density at radius 1 is 1.00 bits per heavy atom. The molecule has 0 aliphatic carbocycles. The van der Waals surface area contributed by atoms with E-state index in [1.165, 1.54) is 13.3 Å². The summed E-state index contributed by atoms with van der Waals surface area (Å²) in [6, 6.07) is 15.8. The lowest BCUT2D eigenvalue weighted by Gasteiger charge is -2.28. The highest BCUT2D eigenvalue weighted by Gasteiger charge is 2.26. The summed E-state index contributed by atoms with van der Waals surface area (Å²) in [7, 11) is 0. The summed E-state index contributed by atoms with van der Waals surface area (Å²) < 4.78 is 11.0. The van der Waals surface area contributed by atoms with Gasteiger partial charge in [-0.25, -0.2) is 9.97 Å². The molecule has 2 aromatic heterocycles. The molecule has 9 nitrogen and oxygen atoms in total. The van der Waals surface area contributed by atoms with Gasteiger partial charge < -0.3 is 24.7 Å². The fourth-order valence-corrected chi connectivity index (χ4v) is 3.08. The molecule has 0 saturated heterocycles. The van der Waals surface area contributed by atoms with Crippen molar-refractivity contribution in [1.82, 2.24) is 20.2 Å². The summed E-state index contributed by atoms with van der Waals surface area (Å²) in [4.78, 5) is 8.11. The number of hydrogen-bond donors (Lipinski definition) is 3. The monoisotopic (exact) mass is 419 g/mol. The van der Waals surface area contributed by atoms with E-state index >= 15 is 0 Å². The molecule has 0 amide bonds. The molecule has 0 saturated carbocycles. The fraction of sp³-hybridized carbons (Fsp3) is 0.182. The Hall–Kier alpha value is -3.82. The maximum atomic E-state index is 10.7. The normalized spacial score (nSPS) is 13.9. The van der Waals surface area contributed by atoms with Gasteiger partial charge in [-0.1, -0.05) is 18.2 Å². The maximum Gasteiger partial charge on any atom is 0.321 e. The zero-order valence-electron chi connectivity index (χ0n) is 16.7. The van der Waals surface area contributed by atoms with Crippen molar-refractivity contribution in [3.05, 3.63) is 78.9 Å².